The average molecular weight is 199 g/mol. The minimum Gasteiger partial charge on any atom is -0.248 e. The maximum atomic E-state index is 5.77. The minimum atomic E-state index is 0.330. The average Bonchev–Trinajstić information content (AvgIpc) is 2.57. The molecule has 0 N–H and O–H groups in total. The molecule has 60 valence electrons. The molecule has 2 aromatic rings. The van der Waals surface area contributed by atoms with Crippen molar-refractivity contribution in [2.45, 2.75) is 0 Å². The van der Waals surface area contributed by atoms with Crippen LogP contribution in [0.3, 0.4) is 0 Å². The molecule has 0 spiro atoms. The Kier molecular flexibility index (Phi) is 1.97. The molecular formula is C6H3ClN4S. The monoisotopic (exact) mass is 198 g/mol. The van der Waals surface area contributed by atoms with Crippen LogP contribution in [0.15, 0.2) is 17.9 Å². The van der Waals surface area contributed by atoms with Crippen molar-refractivity contribution in [3.63, 3.8) is 0 Å². The quantitative estimate of drug-likeness (QED) is 0.699. The van der Waals surface area contributed by atoms with E-state index in [1.54, 1.807) is 11.7 Å². The van der Waals surface area contributed by atoms with Gasteiger partial charge in [-0.2, -0.15) is 4.37 Å². The second kappa shape index (κ2) is 3.12. The molecule has 6 heteroatoms. The van der Waals surface area contributed by atoms with Gasteiger partial charge in [0, 0.05) is 12.4 Å². The van der Waals surface area contributed by atoms with Crippen molar-refractivity contribution in [1.82, 2.24) is 19.3 Å². The van der Waals surface area contributed by atoms with E-state index in [1.807, 2.05) is 0 Å². The van der Waals surface area contributed by atoms with Gasteiger partial charge in [-0.05, 0) is 11.5 Å². The van der Waals surface area contributed by atoms with Crippen LogP contribution in [0, 0.1) is 0 Å². The fourth-order valence-corrected chi connectivity index (χ4v) is 1.36. The molecule has 0 aromatic carbocycles. The fraction of sp³-hybridized carbons (Fsp3) is 0. The molecule has 2 rings (SSSR count). The molecule has 0 aliphatic rings. The van der Waals surface area contributed by atoms with Gasteiger partial charge < -0.3 is 0 Å². The zero-order chi connectivity index (χ0) is 8.39. The first-order chi connectivity index (χ1) is 5.88. The Hall–Kier alpha value is -1.07. The molecule has 0 amide bonds. The van der Waals surface area contributed by atoms with Crippen LogP contribution in [0.2, 0.25) is 5.15 Å². The van der Waals surface area contributed by atoms with Gasteiger partial charge in [-0.15, -0.1) is 0 Å². The van der Waals surface area contributed by atoms with Gasteiger partial charge in [-0.25, -0.2) is 15.0 Å². The third-order valence-corrected chi connectivity index (χ3v) is 1.98. The topological polar surface area (TPSA) is 51.6 Å². The van der Waals surface area contributed by atoms with Gasteiger partial charge in [0.05, 0.1) is 0 Å². The molecule has 0 atom stereocenters. The summed E-state index contributed by atoms with van der Waals surface area (Å²) in [4.78, 5) is 11.8. The third kappa shape index (κ3) is 1.28. The van der Waals surface area contributed by atoms with Crippen LogP contribution in [-0.2, 0) is 0 Å². The van der Waals surface area contributed by atoms with E-state index in [2.05, 4.69) is 19.3 Å². The van der Waals surface area contributed by atoms with E-state index in [9.17, 15) is 0 Å². The molecule has 2 heterocycles. The molecule has 0 aliphatic carbocycles. The zero-order valence-electron chi connectivity index (χ0n) is 5.81. The Balaban J connectivity index is 2.55. The van der Waals surface area contributed by atoms with E-state index in [0.29, 0.717) is 16.7 Å². The van der Waals surface area contributed by atoms with Crippen molar-refractivity contribution in [1.29, 1.82) is 0 Å². The number of rotatable bonds is 1. The summed E-state index contributed by atoms with van der Waals surface area (Å²) in [6.07, 6.45) is 3.08. The maximum absolute atomic E-state index is 5.77. The predicted molar refractivity (Wildman–Crippen MR) is 45.9 cm³/mol. The van der Waals surface area contributed by atoms with Gasteiger partial charge in [-0.1, -0.05) is 11.6 Å². The third-order valence-electron chi connectivity index (χ3n) is 1.23. The molecule has 0 bridgehead atoms. The van der Waals surface area contributed by atoms with Crippen LogP contribution in [0.25, 0.3) is 11.5 Å². The van der Waals surface area contributed by atoms with Crippen molar-refractivity contribution in [3.05, 3.63) is 23.1 Å². The van der Waals surface area contributed by atoms with Crippen molar-refractivity contribution in [2.75, 3.05) is 0 Å². The van der Waals surface area contributed by atoms with E-state index in [-0.39, 0.29) is 0 Å². The van der Waals surface area contributed by atoms with Crippen molar-refractivity contribution in [3.8, 4) is 11.5 Å². The Morgan fingerprint density at radius 1 is 1.17 bits per heavy atom. The van der Waals surface area contributed by atoms with Gasteiger partial charge in [0.25, 0.3) is 0 Å². The molecule has 2 aromatic heterocycles. The first-order valence-electron chi connectivity index (χ1n) is 3.11. The van der Waals surface area contributed by atoms with Gasteiger partial charge in [0.15, 0.2) is 11.0 Å². The number of halogens is 1. The summed E-state index contributed by atoms with van der Waals surface area (Å²) in [5.41, 5.74) is 2.15. The second-order valence-corrected chi connectivity index (χ2v) is 2.91. The highest BCUT2D eigenvalue weighted by Crippen LogP contribution is 2.19. The standard InChI is InChI=1S/C6H3ClN4S/c7-5-4(8-1-2-9-5)6-10-3-12-11-6/h1-3H. The lowest BCUT2D eigenvalue weighted by atomic mass is 10.4. The van der Waals surface area contributed by atoms with E-state index in [1.165, 1.54) is 17.7 Å². The largest absolute Gasteiger partial charge is 0.248 e. The first-order valence-corrected chi connectivity index (χ1v) is 4.32. The van der Waals surface area contributed by atoms with Crippen molar-refractivity contribution >= 4 is 23.1 Å². The summed E-state index contributed by atoms with van der Waals surface area (Å²) in [5, 5.41) is 0.330. The van der Waals surface area contributed by atoms with Crippen LogP contribution in [0.4, 0.5) is 0 Å². The highest BCUT2D eigenvalue weighted by Gasteiger charge is 2.07. The second-order valence-electron chi connectivity index (χ2n) is 1.95. The van der Waals surface area contributed by atoms with E-state index < -0.39 is 0 Å². The molecule has 0 radical (unpaired) electrons. The van der Waals surface area contributed by atoms with Crippen LogP contribution < -0.4 is 0 Å². The zero-order valence-corrected chi connectivity index (χ0v) is 7.38. The lowest BCUT2D eigenvalue weighted by molar-refractivity contribution is 1.16. The fourth-order valence-electron chi connectivity index (χ4n) is 0.746. The number of nitrogens with zero attached hydrogens (tertiary/aromatic N) is 4. The molecule has 4 nitrogen and oxygen atoms in total. The van der Waals surface area contributed by atoms with Gasteiger partial charge in [0.1, 0.15) is 11.2 Å². The minimum absolute atomic E-state index is 0.330. The first kappa shape index (κ1) is 7.57. The highest BCUT2D eigenvalue weighted by atomic mass is 35.5. The summed E-state index contributed by atoms with van der Waals surface area (Å²) < 4.78 is 3.99. The SMILES string of the molecule is Clc1nccnc1-c1ncsn1. The molecule has 0 saturated heterocycles. The van der Waals surface area contributed by atoms with Crippen LogP contribution >= 0.6 is 23.1 Å². The summed E-state index contributed by atoms with van der Waals surface area (Å²) >= 11 is 7.02. The summed E-state index contributed by atoms with van der Waals surface area (Å²) in [7, 11) is 0. The summed E-state index contributed by atoms with van der Waals surface area (Å²) in [5.74, 6) is 0.526. The molecule has 12 heavy (non-hydrogen) atoms. The Bertz CT molecular complexity index is 375. The smallest absolute Gasteiger partial charge is 0.194 e. The van der Waals surface area contributed by atoms with Crippen LogP contribution in [0.5, 0.6) is 0 Å². The molecule has 0 aliphatic heterocycles. The molecule has 0 unspecified atom stereocenters. The number of hydrogen-bond donors (Lipinski definition) is 0. The lowest BCUT2D eigenvalue weighted by Crippen LogP contribution is -1.88. The number of aromatic nitrogens is 4. The summed E-state index contributed by atoms with van der Waals surface area (Å²) in [6.45, 7) is 0. The lowest BCUT2D eigenvalue weighted by Gasteiger charge is -1.94. The molecule has 0 saturated carbocycles. The van der Waals surface area contributed by atoms with E-state index in [4.69, 9.17) is 11.6 Å². The van der Waals surface area contributed by atoms with Gasteiger partial charge >= 0.3 is 0 Å². The van der Waals surface area contributed by atoms with Gasteiger partial charge in [0.2, 0.25) is 0 Å². The van der Waals surface area contributed by atoms with Gasteiger partial charge in [-0.3, -0.25) is 0 Å². The normalized spacial score (nSPS) is 10.1. The predicted octanol–water partition coefficient (Wildman–Crippen LogP) is 1.65. The summed E-state index contributed by atoms with van der Waals surface area (Å²) in [6, 6.07) is 0. The maximum Gasteiger partial charge on any atom is 0.194 e. The Morgan fingerprint density at radius 3 is 2.67 bits per heavy atom. The van der Waals surface area contributed by atoms with Crippen LogP contribution in [-0.4, -0.2) is 19.3 Å². The molecular weight excluding hydrogens is 196 g/mol. The Labute approximate surface area is 77.5 Å². The number of hydrogen-bond acceptors (Lipinski definition) is 5. The highest BCUT2D eigenvalue weighted by molar-refractivity contribution is 7.03. The molecule has 0 fully saturated rings. The Morgan fingerprint density at radius 2 is 2.00 bits per heavy atom. The van der Waals surface area contributed by atoms with Crippen molar-refractivity contribution < 1.29 is 0 Å². The van der Waals surface area contributed by atoms with E-state index in [0.717, 1.165) is 0 Å². The van der Waals surface area contributed by atoms with Crippen molar-refractivity contribution in [2.24, 2.45) is 0 Å². The van der Waals surface area contributed by atoms with Crippen LogP contribution in [0.1, 0.15) is 0 Å². The van der Waals surface area contributed by atoms with E-state index >= 15 is 0 Å².